The first kappa shape index (κ1) is 25.8. The lowest BCUT2D eigenvalue weighted by molar-refractivity contribution is -0.138. The van der Waals surface area contributed by atoms with Crippen molar-refractivity contribution in [2.24, 2.45) is 5.92 Å². The monoisotopic (exact) mass is 522 g/mol. The Morgan fingerprint density at radius 3 is 2.46 bits per heavy atom. The summed E-state index contributed by atoms with van der Waals surface area (Å²) in [6.45, 7) is 3.22. The van der Waals surface area contributed by atoms with Crippen molar-refractivity contribution in [3.63, 3.8) is 0 Å². The van der Waals surface area contributed by atoms with Gasteiger partial charge in [0.15, 0.2) is 6.29 Å². The van der Waals surface area contributed by atoms with Gasteiger partial charge < -0.3 is 20.1 Å². The summed E-state index contributed by atoms with van der Waals surface area (Å²) in [5.41, 5.74) is 0.0753. The van der Waals surface area contributed by atoms with Crippen molar-refractivity contribution < 1.29 is 31.8 Å². The molecule has 2 aromatic rings. The maximum Gasteiger partial charge on any atom is 0.416 e. The molecule has 1 atom stereocenters. The van der Waals surface area contributed by atoms with Crippen LogP contribution in [0.1, 0.15) is 71.8 Å². The number of ether oxygens (including phenoxy) is 2. The predicted molar refractivity (Wildman–Crippen MR) is 126 cm³/mol. The van der Waals surface area contributed by atoms with Gasteiger partial charge >= 0.3 is 6.18 Å². The number of carbonyl (C=O) groups excluding carboxylic acids is 1. The van der Waals surface area contributed by atoms with Gasteiger partial charge in [-0.25, -0.2) is 14.4 Å². The first-order chi connectivity index (χ1) is 17.6. The molecule has 200 valence electrons. The van der Waals surface area contributed by atoms with Crippen LogP contribution in [0.15, 0.2) is 18.2 Å². The summed E-state index contributed by atoms with van der Waals surface area (Å²) in [4.78, 5) is 21.9. The fraction of sp³-hybridized carbons (Fsp3) is 0.577. The lowest BCUT2D eigenvalue weighted by Crippen LogP contribution is -2.39. The number of anilines is 1. The van der Waals surface area contributed by atoms with E-state index >= 15 is 0 Å². The zero-order valence-corrected chi connectivity index (χ0v) is 20.8. The quantitative estimate of drug-likeness (QED) is 0.457. The number of nitrogens with one attached hydrogen (secondary N) is 2. The van der Waals surface area contributed by atoms with Crippen molar-refractivity contribution in [2.45, 2.75) is 70.0 Å². The number of aryl methyl sites for hydroxylation is 1. The van der Waals surface area contributed by atoms with Crippen LogP contribution in [0.2, 0.25) is 0 Å². The second-order valence-electron chi connectivity index (χ2n) is 10.2. The van der Waals surface area contributed by atoms with Crippen molar-refractivity contribution >= 4 is 11.7 Å². The number of hydrogen-bond acceptors (Lipinski definition) is 6. The number of aromatic nitrogens is 2. The van der Waals surface area contributed by atoms with E-state index in [9.17, 15) is 22.4 Å². The van der Waals surface area contributed by atoms with Crippen LogP contribution in [0.5, 0.6) is 0 Å². The van der Waals surface area contributed by atoms with Crippen LogP contribution in [0.4, 0.5) is 23.4 Å². The molecule has 7 nitrogen and oxygen atoms in total. The average molecular weight is 523 g/mol. The van der Waals surface area contributed by atoms with Crippen LogP contribution >= 0.6 is 0 Å². The minimum Gasteiger partial charge on any atom is -0.362 e. The van der Waals surface area contributed by atoms with Crippen molar-refractivity contribution in [3.8, 4) is 0 Å². The molecule has 2 aliphatic carbocycles. The smallest absolute Gasteiger partial charge is 0.362 e. The van der Waals surface area contributed by atoms with Crippen LogP contribution in [0, 0.1) is 19.8 Å². The molecule has 5 rings (SSSR count). The molecule has 11 heteroatoms. The third-order valence-electron chi connectivity index (χ3n) is 7.24. The Hall–Kier alpha value is -2.79. The zero-order chi connectivity index (χ0) is 26.4. The van der Waals surface area contributed by atoms with Gasteiger partial charge in [0.2, 0.25) is 5.91 Å². The Balaban J connectivity index is 1.51. The molecule has 37 heavy (non-hydrogen) atoms. The van der Waals surface area contributed by atoms with E-state index in [-0.39, 0.29) is 23.8 Å². The van der Waals surface area contributed by atoms with Crippen molar-refractivity contribution in [2.75, 3.05) is 25.2 Å². The molecule has 3 fully saturated rings. The number of nitrogens with zero attached hydrogens (tertiary/aromatic N) is 2. The number of carbonyl (C=O) groups is 1. The number of hydrogen-bond donors (Lipinski definition) is 2. The summed E-state index contributed by atoms with van der Waals surface area (Å²) in [6, 6.07) is 3.78. The van der Waals surface area contributed by atoms with Crippen LogP contribution in [0.25, 0.3) is 0 Å². The molecular formula is C26H30F4N4O3. The molecule has 0 spiro atoms. The molecule has 0 unspecified atom stereocenters. The molecule has 2 heterocycles. The summed E-state index contributed by atoms with van der Waals surface area (Å²) in [6.07, 6.45) is -2.51. The fourth-order valence-electron chi connectivity index (χ4n) is 4.92. The van der Waals surface area contributed by atoms with E-state index in [2.05, 4.69) is 20.6 Å². The van der Waals surface area contributed by atoms with Crippen LogP contribution in [0.3, 0.4) is 0 Å². The third-order valence-corrected chi connectivity index (χ3v) is 7.24. The van der Waals surface area contributed by atoms with Gasteiger partial charge in [-0.15, -0.1) is 0 Å². The highest BCUT2D eigenvalue weighted by atomic mass is 19.4. The van der Waals surface area contributed by atoms with Crippen molar-refractivity contribution in [1.29, 1.82) is 0 Å². The topological polar surface area (TPSA) is 85.4 Å². The molecule has 1 amide bonds. The van der Waals surface area contributed by atoms with Crippen LogP contribution in [-0.2, 0) is 26.9 Å². The summed E-state index contributed by atoms with van der Waals surface area (Å²) >= 11 is 0. The highest BCUT2D eigenvalue weighted by Gasteiger charge is 2.44. The number of rotatable bonds is 9. The molecule has 0 radical (unpaired) electrons. The lowest BCUT2D eigenvalue weighted by atomic mass is 9.93. The molecule has 0 bridgehead atoms. The normalized spacial score (nSPS) is 20.1. The molecule has 3 aliphatic rings. The van der Waals surface area contributed by atoms with Crippen LogP contribution in [-0.4, -0.2) is 41.3 Å². The van der Waals surface area contributed by atoms with Crippen molar-refractivity contribution in [1.82, 2.24) is 15.3 Å². The van der Waals surface area contributed by atoms with Gasteiger partial charge in [0.05, 0.1) is 48.0 Å². The Morgan fingerprint density at radius 2 is 1.86 bits per heavy atom. The Bertz CT molecular complexity index is 1180. The van der Waals surface area contributed by atoms with Gasteiger partial charge in [-0.2, -0.15) is 13.2 Å². The van der Waals surface area contributed by atoms with E-state index in [4.69, 9.17) is 9.47 Å². The number of benzene rings is 1. The third kappa shape index (κ3) is 5.57. The molecule has 1 aromatic carbocycles. The fourth-order valence-corrected chi connectivity index (χ4v) is 4.92. The summed E-state index contributed by atoms with van der Waals surface area (Å²) < 4.78 is 65.8. The summed E-state index contributed by atoms with van der Waals surface area (Å²) in [5.74, 6) is 0.504. The highest BCUT2D eigenvalue weighted by molar-refractivity contribution is 5.80. The van der Waals surface area contributed by atoms with E-state index < -0.39 is 36.3 Å². The predicted octanol–water partition coefficient (Wildman–Crippen LogP) is 4.88. The number of alkyl halides is 4. The molecule has 2 saturated carbocycles. The zero-order valence-electron chi connectivity index (χ0n) is 20.8. The Morgan fingerprint density at radius 1 is 1.16 bits per heavy atom. The maximum absolute atomic E-state index is 13.6. The maximum atomic E-state index is 13.6. The molecular weight excluding hydrogens is 492 g/mol. The first-order valence-electron chi connectivity index (χ1n) is 12.5. The molecule has 1 aliphatic heterocycles. The van der Waals surface area contributed by atoms with E-state index in [1.165, 1.54) is 13.0 Å². The van der Waals surface area contributed by atoms with Gasteiger partial charge in [-0.1, -0.05) is 12.1 Å². The van der Waals surface area contributed by atoms with Gasteiger partial charge in [-0.3, -0.25) is 4.79 Å². The minimum absolute atomic E-state index is 0.127. The highest BCUT2D eigenvalue weighted by Crippen LogP contribution is 2.46. The van der Waals surface area contributed by atoms with Crippen molar-refractivity contribution in [3.05, 3.63) is 52.0 Å². The summed E-state index contributed by atoms with van der Waals surface area (Å²) in [5, 5.41) is 6.14. The Labute approximate surface area is 212 Å². The van der Waals surface area contributed by atoms with E-state index in [0.717, 1.165) is 18.9 Å². The van der Waals surface area contributed by atoms with Crippen LogP contribution < -0.4 is 10.6 Å². The summed E-state index contributed by atoms with van der Waals surface area (Å²) in [7, 11) is 0. The largest absolute Gasteiger partial charge is 0.416 e. The molecule has 2 N–H and O–H groups in total. The van der Waals surface area contributed by atoms with Gasteiger partial charge in [-0.05, 0) is 62.6 Å². The minimum atomic E-state index is -4.46. The average Bonchev–Trinajstić information content (AvgIpc) is 3.75. The first-order valence-corrected chi connectivity index (χ1v) is 12.5. The van der Waals surface area contributed by atoms with Gasteiger partial charge in [0.1, 0.15) is 18.3 Å². The second-order valence-corrected chi connectivity index (χ2v) is 10.2. The van der Waals surface area contributed by atoms with Gasteiger partial charge in [0, 0.05) is 0 Å². The van der Waals surface area contributed by atoms with Gasteiger partial charge in [0.25, 0.3) is 0 Å². The van der Waals surface area contributed by atoms with E-state index in [1.807, 2.05) is 0 Å². The van der Waals surface area contributed by atoms with E-state index in [0.29, 0.717) is 54.5 Å². The Kier molecular flexibility index (Phi) is 6.86. The molecule has 1 saturated heterocycles. The SMILES string of the molecule is Cc1nc(CC(=O)NC2(CF)CC2)c(C2OCCO2)c(N[C@@H](c2cccc(C(F)(F)F)c2C)C2CC2)n1. The van der Waals surface area contributed by atoms with E-state index in [1.54, 1.807) is 13.0 Å². The molecule has 1 aromatic heterocycles. The number of amides is 1. The standard InChI is InChI=1S/C26H30F4N4O3/c1-14-17(4-3-5-18(14)26(28,29)30)22(16-6-7-16)33-23-21(24-36-10-11-37-24)19(31-15(2)32-23)12-20(35)34-25(13-27)8-9-25/h3-5,16,22,24H,6-13H2,1-2H3,(H,34,35)(H,31,32,33)/t22-/m1/s1. The second kappa shape index (κ2) is 9.83. The number of halogens is 4. The lowest BCUT2D eigenvalue weighted by Gasteiger charge is -2.26.